The standard InChI is InChI=1S/C24H24N2O4S2/c1-13-9-15(11-19-21(27)25-23(29)31-19)3-5-17(13)7-8-18-6-4-16(10-14(18)2)12-20-22(28)26-24(30)32-20/h3-6,9-10,19-20H,7-8,11-12H2,1-2H3,(H,25,27,29)(H,26,28,30). The summed E-state index contributed by atoms with van der Waals surface area (Å²) < 4.78 is 0. The Labute approximate surface area is 195 Å². The normalized spacial score (nSPS) is 20.6. The van der Waals surface area contributed by atoms with E-state index < -0.39 is 0 Å². The highest BCUT2D eigenvalue weighted by molar-refractivity contribution is 8.15. The van der Waals surface area contributed by atoms with Gasteiger partial charge >= 0.3 is 0 Å². The van der Waals surface area contributed by atoms with Crippen LogP contribution in [-0.4, -0.2) is 32.8 Å². The fraction of sp³-hybridized carbons (Fsp3) is 0.333. The first-order valence-electron chi connectivity index (χ1n) is 10.5. The summed E-state index contributed by atoms with van der Waals surface area (Å²) in [6.45, 7) is 4.15. The van der Waals surface area contributed by atoms with E-state index in [1.165, 1.54) is 22.3 Å². The molecule has 2 unspecified atom stereocenters. The number of nitrogens with one attached hydrogen (secondary N) is 2. The maximum atomic E-state index is 11.8. The van der Waals surface area contributed by atoms with Crippen molar-refractivity contribution in [2.75, 3.05) is 0 Å². The van der Waals surface area contributed by atoms with Gasteiger partial charge in [-0.25, -0.2) is 0 Å². The van der Waals surface area contributed by atoms with E-state index >= 15 is 0 Å². The minimum atomic E-state index is -0.347. The summed E-state index contributed by atoms with van der Waals surface area (Å²) in [4.78, 5) is 46.3. The predicted molar refractivity (Wildman–Crippen MR) is 127 cm³/mol. The Balaban J connectivity index is 1.36. The minimum Gasteiger partial charge on any atom is -0.286 e. The highest BCUT2D eigenvalue weighted by atomic mass is 32.2. The lowest BCUT2D eigenvalue weighted by Gasteiger charge is -2.13. The van der Waals surface area contributed by atoms with Crippen LogP contribution in [0.5, 0.6) is 0 Å². The second-order valence-electron chi connectivity index (χ2n) is 8.20. The van der Waals surface area contributed by atoms with Crippen molar-refractivity contribution >= 4 is 45.8 Å². The molecule has 2 aliphatic rings. The zero-order valence-corrected chi connectivity index (χ0v) is 19.5. The lowest BCUT2D eigenvalue weighted by atomic mass is 9.94. The molecular formula is C24H24N2O4S2. The van der Waals surface area contributed by atoms with E-state index in [2.05, 4.69) is 48.7 Å². The molecule has 4 rings (SSSR count). The highest BCUT2D eigenvalue weighted by Gasteiger charge is 2.32. The fourth-order valence-electron chi connectivity index (χ4n) is 4.08. The molecule has 0 spiro atoms. The molecule has 2 aromatic rings. The molecule has 166 valence electrons. The molecule has 0 saturated carbocycles. The van der Waals surface area contributed by atoms with E-state index in [1.807, 2.05) is 12.1 Å². The number of carbonyl (C=O) groups excluding carboxylic acids is 4. The molecule has 0 bridgehead atoms. The van der Waals surface area contributed by atoms with E-state index in [4.69, 9.17) is 0 Å². The lowest BCUT2D eigenvalue weighted by Crippen LogP contribution is -2.25. The van der Waals surface area contributed by atoms with Crippen LogP contribution in [0.15, 0.2) is 36.4 Å². The van der Waals surface area contributed by atoms with E-state index in [0.717, 1.165) is 47.5 Å². The number of benzene rings is 2. The zero-order valence-electron chi connectivity index (χ0n) is 17.9. The zero-order chi connectivity index (χ0) is 22.8. The summed E-state index contributed by atoms with van der Waals surface area (Å²) in [5, 5.41) is 3.44. The van der Waals surface area contributed by atoms with E-state index in [-0.39, 0.29) is 32.8 Å². The van der Waals surface area contributed by atoms with Crippen molar-refractivity contribution in [3.8, 4) is 0 Å². The molecule has 2 fully saturated rings. The van der Waals surface area contributed by atoms with Gasteiger partial charge in [-0.3, -0.25) is 29.8 Å². The molecule has 2 atom stereocenters. The number of carbonyl (C=O) groups is 4. The Bertz CT molecular complexity index is 1030. The van der Waals surface area contributed by atoms with Crippen molar-refractivity contribution in [2.24, 2.45) is 0 Å². The maximum absolute atomic E-state index is 11.8. The number of rotatable bonds is 7. The van der Waals surface area contributed by atoms with Crippen molar-refractivity contribution in [2.45, 2.75) is 50.0 Å². The molecule has 32 heavy (non-hydrogen) atoms. The molecule has 2 heterocycles. The van der Waals surface area contributed by atoms with Crippen LogP contribution in [0.3, 0.4) is 0 Å². The van der Waals surface area contributed by atoms with Gasteiger partial charge in [0, 0.05) is 0 Å². The van der Waals surface area contributed by atoms with Crippen LogP contribution < -0.4 is 10.6 Å². The van der Waals surface area contributed by atoms with Gasteiger partial charge in [-0.05, 0) is 72.9 Å². The first-order valence-corrected chi connectivity index (χ1v) is 12.2. The van der Waals surface area contributed by atoms with E-state index in [1.54, 1.807) is 0 Å². The van der Waals surface area contributed by atoms with Crippen LogP contribution in [0.2, 0.25) is 0 Å². The topological polar surface area (TPSA) is 92.3 Å². The molecule has 2 saturated heterocycles. The van der Waals surface area contributed by atoms with Crippen molar-refractivity contribution in [3.05, 3.63) is 69.8 Å². The first kappa shape index (κ1) is 22.6. The van der Waals surface area contributed by atoms with Crippen LogP contribution in [-0.2, 0) is 35.3 Å². The largest absolute Gasteiger partial charge is 0.286 e. The molecule has 2 aliphatic heterocycles. The lowest BCUT2D eigenvalue weighted by molar-refractivity contribution is -0.119. The highest BCUT2D eigenvalue weighted by Crippen LogP contribution is 2.26. The molecule has 4 amide bonds. The smallest absolute Gasteiger partial charge is 0.286 e. The second kappa shape index (κ2) is 9.50. The summed E-state index contributed by atoms with van der Waals surface area (Å²) >= 11 is 2.12. The summed E-state index contributed by atoms with van der Waals surface area (Å²) in [7, 11) is 0. The number of aryl methyl sites for hydroxylation is 4. The number of thioether (sulfide) groups is 2. The Kier molecular flexibility index (Phi) is 6.71. The number of imide groups is 2. The summed E-state index contributed by atoms with van der Waals surface area (Å²) in [5.41, 5.74) is 6.99. The Morgan fingerprint density at radius 1 is 0.688 bits per heavy atom. The average molecular weight is 469 g/mol. The molecule has 6 nitrogen and oxygen atoms in total. The van der Waals surface area contributed by atoms with Gasteiger partial charge in [0.05, 0.1) is 10.5 Å². The van der Waals surface area contributed by atoms with Gasteiger partial charge < -0.3 is 0 Å². The number of hydrogen-bond donors (Lipinski definition) is 2. The van der Waals surface area contributed by atoms with Gasteiger partial charge in [0.2, 0.25) is 11.8 Å². The minimum absolute atomic E-state index is 0.209. The average Bonchev–Trinajstić information content (AvgIpc) is 3.21. The molecule has 8 heteroatoms. The molecule has 0 aliphatic carbocycles. The monoisotopic (exact) mass is 468 g/mol. The van der Waals surface area contributed by atoms with Crippen LogP contribution >= 0.6 is 23.5 Å². The van der Waals surface area contributed by atoms with Crippen LogP contribution in [0.4, 0.5) is 9.59 Å². The third-order valence-corrected chi connectivity index (χ3v) is 7.82. The number of amides is 4. The number of hydrogen-bond acceptors (Lipinski definition) is 6. The van der Waals surface area contributed by atoms with E-state index in [0.29, 0.717) is 12.8 Å². The van der Waals surface area contributed by atoms with Crippen molar-refractivity contribution in [1.29, 1.82) is 0 Å². The van der Waals surface area contributed by atoms with Crippen LogP contribution in [0, 0.1) is 13.8 Å². The molecule has 0 radical (unpaired) electrons. The van der Waals surface area contributed by atoms with Gasteiger partial charge in [0.1, 0.15) is 0 Å². The summed E-state index contributed by atoms with van der Waals surface area (Å²) in [6.07, 6.45) is 2.90. The van der Waals surface area contributed by atoms with Gasteiger partial charge in [-0.1, -0.05) is 59.9 Å². The van der Waals surface area contributed by atoms with Gasteiger partial charge in [0.15, 0.2) is 0 Å². The van der Waals surface area contributed by atoms with Crippen molar-refractivity contribution < 1.29 is 19.2 Å². The first-order chi connectivity index (χ1) is 15.3. The Morgan fingerprint density at radius 2 is 1.09 bits per heavy atom. The Hall–Kier alpha value is -2.58. The molecular weight excluding hydrogens is 444 g/mol. The van der Waals surface area contributed by atoms with Crippen LogP contribution in [0.25, 0.3) is 0 Å². The summed E-state index contributed by atoms with van der Waals surface area (Å²) in [6, 6.07) is 12.5. The Morgan fingerprint density at radius 3 is 1.41 bits per heavy atom. The third-order valence-electron chi connectivity index (χ3n) is 5.85. The molecule has 2 aromatic carbocycles. The summed E-state index contributed by atoms with van der Waals surface area (Å²) in [5.74, 6) is -0.418. The maximum Gasteiger partial charge on any atom is 0.286 e. The third kappa shape index (κ3) is 5.24. The second-order valence-corrected chi connectivity index (χ2v) is 10.5. The quantitative estimate of drug-likeness (QED) is 0.641. The van der Waals surface area contributed by atoms with Crippen LogP contribution in [0.1, 0.15) is 33.4 Å². The predicted octanol–water partition coefficient (Wildman–Crippen LogP) is 3.88. The van der Waals surface area contributed by atoms with Gasteiger partial charge in [-0.15, -0.1) is 0 Å². The van der Waals surface area contributed by atoms with Gasteiger partial charge in [0.25, 0.3) is 10.5 Å². The van der Waals surface area contributed by atoms with Gasteiger partial charge in [-0.2, -0.15) is 0 Å². The fourth-order valence-corrected chi connectivity index (χ4v) is 5.80. The SMILES string of the molecule is Cc1cc(CC2SC(=O)NC2=O)ccc1CCc1ccc(CC2SC(=O)NC2=O)cc1C. The van der Waals surface area contributed by atoms with Crippen molar-refractivity contribution in [3.63, 3.8) is 0 Å². The molecule has 2 N–H and O–H groups in total. The molecule has 0 aromatic heterocycles. The van der Waals surface area contributed by atoms with E-state index in [9.17, 15) is 19.2 Å². The van der Waals surface area contributed by atoms with Crippen molar-refractivity contribution in [1.82, 2.24) is 10.6 Å².